The van der Waals surface area contributed by atoms with Gasteiger partial charge in [0.2, 0.25) is 5.88 Å². The SMILES string of the molecule is Nc1ccc(Oc2nc[nH]c(=O)c2Br)c2ncccc12. The summed E-state index contributed by atoms with van der Waals surface area (Å²) in [7, 11) is 0. The van der Waals surface area contributed by atoms with Crippen LogP contribution in [0, 0.1) is 0 Å². The van der Waals surface area contributed by atoms with E-state index in [1.165, 1.54) is 6.33 Å². The van der Waals surface area contributed by atoms with Crippen molar-refractivity contribution < 1.29 is 4.74 Å². The molecule has 3 aromatic rings. The predicted octanol–water partition coefficient (Wildman–Crippen LogP) is 2.46. The summed E-state index contributed by atoms with van der Waals surface area (Å²) in [5, 5.41) is 0.783. The van der Waals surface area contributed by atoms with Crippen molar-refractivity contribution in [2.45, 2.75) is 0 Å². The second kappa shape index (κ2) is 4.93. The van der Waals surface area contributed by atoms with Gasteiger partial charge < -0.3 is 15.5 Å². The smallest absolute Gasteiger partial charge is 0.268 e. The van der Waals surface area contributed by atoms with Crippen LogP contribution in [0.15, 0.2) is 46.1 Å². The number of fused-ring (bicyclic) bond motifs is 1. The minimum atomic E-state index is -0.317. The van der Waals surface area contributed by atoms with Gasteiger partial charge in [0.05, 0.1) is 6.33 Å². The van der Waals surface area contributed by atoms with Gasteiger partial charge in [-0.2, -0.15) is 0 Å². The number of nitrogens with zero attached hydrogens (tertiary/aromatic N) is 2. The highest BCUT2D eigenvalue weighted by atomic mass is 79.9. The molecular weight excluding hydrogens is 324 g/mol. The first kappa shape index (κ1) is 12.6. The van der Waals surface area contributed by atoms with E-state index in [4.69, 9.17) is 10.5 Å². The van der Waals surface area contributed by atoms with Crippen LogP contribution in [0.25, 0.3) is 10.9 Å². The minimum Gasteiger partial charge on any atom is -0.435 e. The molecule has 0 aliphatic carbocycles. The number of ether oxygens (including phenoxy) is 1. The Balaban J connectivity index is 2.14. The summed E-state index contributed by atoms with van der Waals surface area (Å²) in [5.74, 6) is 0.652. The molecule has 0 saturated carbocycles. The molecule has 0 unspecified atom stereocenters. The molecule has 20 heavy (non-hydrogen) atoms. The first-order chi connectivity index (χ1) is 9.66. The Morgan fingerprint density at radius 2 is 2.10 bits per heavy atom. The quantitative estimate of drug-likeness (QED) is 0.703. The third-order valence-electron chi connectivity index (χ3n) is 2.74. The van der Waals surface area contributed by atoms with Gasteiger partial charge in [0.1, 0.15) is 9.99 Å². The molecule has 2 aromatic heterocycles. The van der Waals surface area contributed by atoms with Gasteiger partial charge in [-0.15, -0.1) is 0 Å². The Morgan fingerprint density at radius 1 is 1.25 bits per heavy atom. The molecule has 100 valence electrons. The summed E-state index contributed by atoms with van der Waals surface area (Å²) in [6.45, 7) is 0. The molecule has 0 saturated heterocycles. The lowest BCUT2D eigenvalue weighted by molar-refractivity contribution is 0.461. The highest BCUT2D eigenvalue weighted by Gasteiger charge is 2.11. The van der Waals surface area contributed by atoms with Crippen molar-refractivity contribution in [1.29, 1.82) is 0 Å². The number of H-pyrrole nitrogens is 1. The predicted molar refractivity (Wildman–Crippen MR) is 78.8 cm³/mol. The van der Waals surface area contributed by atoms with Crippen LogP contribution in [0.1, 0.15) is 0 Å². The molecule has 0 atom stereocenters. The molecule has 0 aliphatic rings. The zero-order chi connectivity index (χ0) is 14.1. The van der Waals surface area contributed by atoms with Crippen LogP contribution in [-0.2, 0) is 0 Å². The monoisotopic (exact) mass is 332 g/mol. The van der Waals surface area contributed by atoms with Crippen LogP contribution in [0.5, 0.6) is 11.6 Å². The van der Waals surface area contributed by atoms with Gasteiger partial charge in [-0.25, -0.2) is 4.98 Å². The van der Waals surface area contributed by atoms with Crippen molar-refractivity contribution in [3.8, 4) is 11.6 Å². The largest absolute Gasteiger partial charge is 0.435 e. The zero-order valence-electron chi connectivity index (χ0n) is 10.1. The maximum Gasteiger partial charge on any atom is 0.268 e. The first-order valence-corrected chi connectivity index (χ1v) is 6.50. The van der Waals surface area contributed by atoms with Crippen LogP contribution in [-0.4, -0.2) is 15.0 Å². The van der Waals surface area contributed by atoms with Crippen molar-refractivity contribution in [3.63, 3.8) is 0 Å². The molecule has 2 heterocycles. The molecular formula is C13H9BrN4O2. The summed E-state index contributed by atoms with van der Waals surface area (Å²) in [6.07, 6.45) is 2.92. The third-order valence-corrected chi connectivity index (χ3v) is 3.44. The van der Waals surface area contributed by atoms with Gasteiger partial charge in [-0.1, -0.05) is 0 Å². The van der Waals surface area contributed by atoms with Gasteiger partial charge in [-0.05, 0) is 40.2 Å². The normalized spacial score (nSPS) is 10.7. The molecule has 0 bridgehead atoms. The van der Waals surface area contributed by atoms with E-state index in [0.717, 1.165) is 5.39 Å². The molecule has 0 aliphatic heterocycles. The fourth-order valence-corrected chi connectivity index (χ4v) is 2.09. The molecule has 3 N–H and O–H groups in total. The molecule has 7 heteroatoms. The number of anilines is 1. The maximum atomic E-state index is 11.5. The average molecular weight is 333 g/mol. The number of aromatic amines is 1. The molecule has 0 fully saturated rings. The number of benzene rings is 1. The van der Waals surface area contributed by atoms with E-state index < -0.39 is 0 Å². The van der Waals surface area contributed by atoms with Crippen molar-refractivity contribution >= 4 is 32.5 Å². The Labute approximate surface area is 121 Å². The number of pyridine rings is 1. The summed E-state index contributed by atoms with van der Waals surface area (Å²) >= 11 is 3.14. The Hall–Kier alpha value is -2.41. The fourth-order valence-electron chi connectivity index (χ4n) is 1.79. The highest BCUT2D eigenvalue weighted by Crippen LogP contribution is 2.32. The van der Waals surface area contributed by atoms with Gasteiger partial charge in [0, 0.05) is 17.3 Å². The van der Waals surface area contributed by atoms with E-state index >= 15 is 0 Å². The van der Waals surface area contributed by atoms with E-state index in [1.54, 1.807) is 24.4 Å². The second-order valence-corrected chi connectivity index (χ2v) is 4.80. The van der Waals surface area contributed by atoms with Crippen LogP contribution in [0.4, 0.5) is 5.69 Å². The molecule has 0 amide bonds. The van der Waals surface area contributed by atoms with E-state index in [2.05, 4.69) is 30.9 Å². The average Bonchev–Trinajstić information content (AvgIpc) is 2.47. The number of aromatic nitrogens is 3. The summed E-state index contributed by atoms with van der Waals surface area (Å²) in [5.41, 5.74) is 6.80. The Morgan fingerprint density at radius 3 is 2.95 bits per heavy atom. The summed E-state index contributed by atoms with van der Waals surface area (Å²) < 4.78 is 5.89. The summed E-state index contributed by atoms with van der Waals surface area (Å²) in [6, 6.07) is 7.06. The van der Waals surface area contributed by atoms with Gasteiger partial charge >= 0.3 is 0 Å². The lowest BCUT2D eigenvalue weighted by Crippen LogP contribution is -2.08. The number of hydrogen-bond donors (Lipinski definition) is 2. The molecule has 6 nitrogen and oxygen atoms in total. The van der Waals surface area contributed by atoms with Gasteiger partial charge in [-0.3, -0.25) is 9.78 Å². The lowest BCUT2D eigenvalue weighted by Gasteiger charge is -2.09. The Bertz CT molecular complexity index is 847. The maximum absolute atomic E-state index is 11.5. The topological polar surface area (TPSA) is 93.9 Å². The fraction of sp³-hybridized carbons (Fsp3) is 0. The number of rotatable bonds is 2. The minimum absolute atomic E-state index is 0.172. The van der Waals surface area contributed by atoms with E-state index in [-0.39, 0.29) is 15.9 Å². The zero-order valence-corrected chi connectivity index (χ0v) is 11.7. The number of nitrogens with one attached hydrogen (secondary N) is 1. The van der Waals surface area contributed by atoms with E-state index in [0.29, 0.717) is 17.0 Å². The highest BCUT2D eigenvalue weighted by molar-refractivity contribution is 9.10. The van der Waals surface area contributed by atoms with Crippen LogP contribution < -0.4 is 16.0 Å². The lowest BCUT2D eigenvalue weighted by atomic mass is 10.2. The first-order valence-electron chi connectivity index (χ1n) is 5.71. The van der Waals surface area contributed by atoms with Crippen molar-refractivity contribution in [3.05, 3.63) is 51.6 Å². The number of hydrogen-bond acceptors (Lipinski definition) is 5. The number of nitrogens with two attached hydrogens (primary N) is 1. The molecule has 1 aromatic carbocycles. The molecule has 0 radical (unpaired) electrons. The molecule has 3 rings (SSSR count). The second-order valence-electron chi connectivity index (χ2n) is 4.01. The standard InChI is InChI=1S/C13H9BrN4O2/c14-10-12(19)17-6-18-13(10)20-9-4-3-8(15)7-2-1-5-16-11(7)9/h1-6H,15H2,(H,17,18,19). The van der Waals surface area contributed by atoms with Crippen molar-refractivity contribution in [2.75, 3.05) is 5.73 Å². The van der Waals surface area contributed by atoms with Crippen LogP contribution in [0.2, 0.25) is 0 Å². The van der Waals surface area contributed by atoms with E-state index in [9.17, 15) is 4.79 Å². The van der Waals surface area contributed by atoms with Gasteiger partial charge in [0.15, 0.2) is 5.75 Å². The molecule has 0 spiro atoms. The Kier molecular flexibility index (Phi) is 3.11. The van der Waals surface area contributed by atoms with Crippen molar-refractivity contribution in [2.24, 2.45) is 0 Å². The van der Waals surface area contributed by atoms with Crippen LogP contribution >= 0.6 is 15.9 Å². The number of halogens is 1. The van der Waals surface area contributed by atoms with Crippen molar-refractivity contribution in [1.82, 2.24) is 15.0 Å². The summed E-state index contributed by atoms with van der Waals surface area (Å²) in [4.78, 5) is 22.2. The van der Waals surface area contributed by atoms with Crippen LogP contribution in [0.3, 0.4) is 0 Å². The van der Waals surface area contributed by atoms with Gasteiger partial charge in [0.25, 0.3) is 5.56 Å². The van der Waals surface area contributed by atoms with E-state index in [1.807, 2.05) is 6.07 Å². The third kappa shape index (κ3) is 2.12. The number of nitrogen functional groups attached to an aromatic ring is 1.